The molecule has 1 aliphatic rings. The van der Waals surface area contributed by atoms with Gasteiger partial charge in [-0.3, -0.25) is 4.79 Å². The van der Waals surface area contributed by atoms with Gasteiger partial charge in [-0.15, -0.1) is 0 Å². The number of hydrogen-bond donors (Lipinski definition) is 1. The molecule has 0 aromatic rings. The van der Waals surface area contributed by atoms with E-state index in [1.54, 1.807) is 11.8 Å². The van der Waals surface area contributed by atoms with E-state index in [0.29, 0.717) is 17.8 Å². The average Bonchev–Trinajstić information content (AvgIpc) is 2.36. The van der Waals surface area contributed by atoms with E-state index in [0.717, 1.165) is 12.2 Å². The van der Waals surface area contributed by atoms with Crippen LogP contribution in [0.4, 0.5) is 0 Å². The van der Waals surface area contributed by atoms with Crippen molar-refractivity contribution in [3.63, 3.8) is 0 Å². The standard InChI is InChI=1S/C14H27NO2S/c1-12(2)15(13-7-4-3-5-8-13)14(17)11-18-10-6-9-16/h12-13,16H,3-11H2,1-2H3. The lowest BCUT2D eigenvalue weighted by molar-refractivity contribution is -0.133. The summed E-state index contributed by atoms with van der Waals surface area (Å²) in [6.07, 6.45) is 6.97. The molecule has 1 amide bonds. The summed E-state index contributed by atoms with van der Waals surface area (Å²) >= 11 is 1.64. The molecule has 1 fully saturated rings. The number of aliphatic hydroxyl groups excluding tert-OH is 1. The van der Waals surface area contributed by atoms with Crippen molar-refractivity contribution in [3.05, 3.63) is 0 Å². The molecule has 0 aliphatic heterocycles. The zero-order valence-electron chi connectivity index (χ0n) is 11.7. The first kappa shape index (κ1) is 15.8. The Morgan fingerprint density at radius 3 is 2.56 bits per heavy atom. The second-order valence-corrected chi connectivity index (χ2v) is 6.42. The van der Waals surface area contributed by atoms with Crippen LogP contribution in [0.1, 0.15) is 52.4 Å². The van der Waals surface area contributed by atoms with Crippen molar-refractivity contribution in [2.45, 2.75) is 64.5 Å². The smallest absolute Gasteiger partial charge is 0.233 e. The first-order chi connectivity index (χ1) is 8.66. The average molecular weight is 273 g/mol. The van der Waals surface area contributed by atoms with Crippen molar-refractivity contribution in [2.75, 3.05) is 18.1 Å². The van der Waals surface area contributed by atoms with Crippen LogP contribution >= 0.6 is 11.8 Å². The Morgan fingerprint density at radius 2 is 2.00 bits per heavy atom. The van der Waals surface area contributed by atoms with Crippen molar-refractivity contribution in [2.24, 2.45) is 0 Å². The highest BCUT2D eigenvalue weighted by Gasteiger charge is 2.26. The van der Waals surface area contributed by atoms with E-state index < -0.39 is 0 Å². The van der Waals surface area contributed by atoms with Crippen LogP contribution in [0.15, 0.2) is 0 Å². The predicted octanol–water partition coefficient (Wildman–Crippen LogP) is 2.67. The van der Waals surface area contributed by atoms with E-state index in [4.69, 9.17) is 5.11 Å². The topological polar surface area (TPSA) is 40.5 Å². The molecule has 18 heavy (non-hydrogen) atoms. The molecular formula is C14H27NO2S. The molecule has 1 saturated carbocycles. The van der Waals surface area contributed by atoms with E-state index in [1.165, 1.54) is 32.1 Å². The van der Waals surface area contributed by atoms with Crippen molar-refractivity contribution < 1.29 is 9.90 Å². The molecule has 0 aromatic carbocycles. The summed E-state index contributed by atoms with van der Waals surface area (Å²) in [7, 11) is 0. The molecule has 0 atom stereocenters. The van der Waals surface area contributed by atoms with Gasteiger partial charge in [-0.1, -0.05) is 19.3 Å². The largest absolute Gasteiger partial charge is 0.396 e. The molecule has 0 aromatic heterocycles. The van der Waals surface area contributed by atoms with Crippen LogP contribution in [-0.2, 0) is 4.79 Å². The molecule has 0 unspecified atom stereocenters. The summed E-state index contributed by atoms with van der Waals surface area (Å²) in [6, 6.07) is 0.767. The SMILES string of the molecule is CC(C)N(C(=O)CSCCCO)C1CCCCC1. The van der Waals surface area contributed by atoms with E-state index >= 15 is 0 Å². The maximum Gasteiger partial charge on any atom is 0.233 e. The number of nitrogens with zero attached hydrogens (tertiary/aromatic N) is 1. The van der Waals surface area contributed by atoms with E-state index in [2.05, 4.69) is 18.7 Å². The highest BCUT2D eigenvalue weighted by Crippen LogP contribution is 2.25. The monoisotopic (exact) mass is 273 g/mol. The van der Waals surface area contributed by atoms with Crippen molar-refractivity contribution >= 4 is 17.7 Å². The summed E-state index contributed by atoms with van der Waals surface area (Å²) in [5.74, 6) is 1.72. The lowest BCUT2D eigenvalue weighted by Crippen LogP contribution is -2.46. The summed E-state index contributed by atoms with van der Waals surface area (Å²) in [4.78, 5) is 14.4. The number of aliphatic hydroxyl groups is 1. The van der Waals surface area contributed by atoms with Crippen LogP contribution < -0.4 is 0 Å². The Bertz CT molecular complexity index is 240. The minimum Gasteiger partial charge on any atom is -0.396 e. The van der Waals surface area contributed by atoms with E-state index in [-0.39, 0.29) is 12.5 Å². The number of carbonyl (C=O) groups is 1. The summed E-state index contributed by atoms with van der Waals surface area (Å²) in [6.45, 7) is 4.45. The summed E-state index contributed by atoms with van der Waals surface area (Å²) in [5, 5.41) is 8.72. The molecule has 4 heteroatoms. The van der Waals surface area contributed by atoms with Crippen molar-refractivity contribution in [3.8, 4) is 0 Å². The van der Waals surface area contributed by atoms with E-state index in [9.17, 15) is 4.79 Å². The normalized spacial score (nSPS) is 17.1. The Balaban J connectivity index is 2.42. The van der Waals surface area contributed by atoms with Gasteiger partial charge in [0.2, 0.25) is 5.91 Å². The van der Waals surface area contributed by atoms with Crippen LogP contribution in [0.3, 0.4) is 0 Å². The lowest BCUT2D eigenvalue weighted by Gasteiger charge is -2.37. The van der Waals surface area contributed by atoms with Gasteiger partial charge >= 0.3 is 0 Å². The first-order valence-electron chi connectivity index (χ1n) is 7.16. The van der Waals surface area contributed by atoms with Crippen molar-refractivity contribution in [1.82, 2.24) is 4.90 Å². The summed E-state index contributed by atoms with van der Waals surface area (Å²) < 4.78 is 0. The fraction of sp³-hybridized carbons (Fsp3) is 0.929. The highest BCUT2D eigenvalue weighted by molar-refractivity contribution is 7.99. The third kappa shape index (κ3) is 5.19. The molecule has 0 spiro atoms. The molecule has 106 valence electrons. The third-order valence-corrected chi connectivity index (χ3v) is 4.51. The maximum atomic E-state index is 12.3. The minimum atomic E-state index is 0.220. The quantitative estimate of drug-likeness (QED) is 0.725. The number of thioether (sulfide) groups is 1. The van der Waals surface area contributed by atoms with Gasteiger partial charge in [0.1, 0.15) is 0 Å². The summed E-state index contributed by atoms with van der Waals surface area (Å²) in [5.41, 5.74) is 0. The van der Waals surface area contributed by atoms with Crippen LogP contribution in [0.5, 0.6) is 0 Å². The van der Waals surface area contributed by atoms with Gasteiger partial charge in [-0.05, 0) is 38.9 Å². The van der Waals surface area contributed by atoms with Gasteiger partial charge in [0.25, 0.3) is 0 Å². The molecule has 1 rings (SSSR count). The number of rotatable bonds is 7. The number of hydrogen-bond acceptors (Lipinski definition) is 3. The van der Waals surface area contributed by atoms with Crippen molar-refractivity contribution in [1.29, 1.82) is 0 Å². The zero-order valence-corrected chi connectivity index (χ0v) is 12.5. The van der Waals surface area contributed by atoms with Gasteiger partial charge < -0.3 is 10.0 Å². The molecular weight excluding hydrogens is 246 g/mol. The van der Waals surface area contributed by atoms with Gasteiger partial charge in [0.15, 0.2) is 0 Å². The molecule has 0 bridgehead atoms. The second-order valence-electron chi connectivity index (χ2n) is 5.32. The molecule has 0 radical (unpaired) electrons. The minimum absolute atomic E-state index is 0.220. The van der Waals surface area contributed by atoms with Gasteiger partial charge in [-0.2, -0.15) is 11.8 Å². The van der Waals surface area contributed by atoms with E-state index in [1.807, 2.05) is 0 Å². The third-order valence-electron chi connectivity index (χ3n) is 3.48. The number of amides is 1. The number of carbonyl (C=O) groups excluding carboxylic acids is 1. The fourth-order valence-electron chi connectivity index (χ4n) is 2.67. The molecule has 3 nitrogen and oxygen atoms in total. The van der Waals surface area contributed by atoms with Gasteiger partial charge in [0.05, 0.1) is 5.75 Å². The maximum absolute atomic E-state index is 12.3. The second kappa shape index (κ2) is 8.81. The Hall–Kier alpha value is -0.220. The Morgan fingerprint density at radius 1 is 1.33 bits per heavy atom. The predicted molar refractivity (Wildman–Crippen MR) is 77.9 cm³/mol. The molecule has 1 N–H and O–H groups in total. The van der Waals surface area contributed by atoms with Gasteiger partial charge in [-0.25, -0.2) is 0 Å². The molecule has 0 saturated heterocycles. The van der Waals surface area contributed by atoms with Gasteiger partial charge in [0, 0.05) is 18.7 Å². The fourth-order valence-corrected chi connectivity index (χ4v) is 3.47. The van der Waals surface area contributed by atoms with Crippen LogP contribution in [-0.4, -0.2) is 46.1 Å². The highest BCUT2D eigenvalue weighted by atomic mass is 32.2. The molecule has 1 aliphatic carbocycles. The van der Waals surface area contributed by atoms with Crippen LogP contribution in [0, 0.1) is 0 Å². The zero-order chi connectivity index (χ0) is 13.4. The Kier molecular flexibility index (Phi) is 7.75. The first-order valence-corrected chi connectivity index (χ1v) is 8.32. The molecule has 0 heterocycles. The Labute approximate surface area is 115 Å². The van der Waals surface area contributed by atoms with Crippen LogP contribution in [0.25, 0.3) is 0 Å². The lowest BCUT2D eigenvalue weighted by atomic mass is 9.93. The van der Waals surface area contributed by atoms with Crippen LogP contribution in [0.2, 0.25) is 0 Å².